The summed E-state index contributed by atoms with van der Waals surface area (Å²) >= 11 is 5.44. The van der Waals surface area contributed by atoms with Gasteiger partial charge in [-0.25, -0.2) is 0 Å². The molecule has 0 radical (unpaired) electrons. The quantitative estimate of drug-likeness (QED) is 0.716. The van der Waals surface area contributed by atoms with Crippen molar-refractivity contribution in [2.75, 3.05) is 5.32 Å². The predicted molar refractivity (Wildman–Crippen MR) is 114 cm³/mol. The fourth-order valence-corrected chi connectivity index (χ4v) is 6.73. The molecule has 4 bridgehead atoms. The summed E-state index contributed by atoms with van der Waals surface area (Å²) in [4.78, 5) is 12.8. The molecule has 1 amide bonds. The highest BCUT2D eigenvalue weighted by atomic mass is 32.1. The van der Waals surface area contributed by atoms with Crippen LogP contribution in [0.2, 0.25) is 0 Å². The summed E-state index contributed by atoms with van der Waals surface area (Å²) in [5.41, 5.74) is 1.18. The lowest BCUT2D eigenvalue weighted by molar-refractivity contribution is -0.127. The minimum Gasteiger partial charge on any atom is -0.332 e. The molecule has 0 atom stereocenters. The van der Waals surface area contributed by atoms with Gasteiger partial charge in [0.2, 0.25) is 5.91 Å². The van der Waals surface area contributed by atoms with Crippen molar-refractivity contribution in [3.05, 3.63) is 42.5 Å². The van der Waals surface area contributed by atoms with Gasteiger partial charge in [0.05, 0.1) is 0 Å². The van der Waals surface area contributed by atoms with E-state index >= 15 is 0 Å². The van der Waals surface area contributed by atoms with Crippen LogP contribution in [0, 0.1) is 23.2 Å². The first-order chi connectivity index (χ1) is 13.1. The van der Waals surface area contributed by atoms with Crippen molar-refractivity contribution >= 4 is 39.7 Å². The second-order valence-corrected chi connectivity index (χ2v) is 9.53. The van der Waals surface area contributed by atoms with E-state index in [-0.39, 0.29) is 11.3 Å². The highest BCUT2D eigenvalue weighted by Crippen LogP contribution is 2.61. The molecule has 0 aromatic heterocycles. The number of hydrogen-bond donors (Lipinski definition) is 2. The van der Waals surface area contributed by atoms with Crippen molar-refractivity contribution in [1.29, 1.82) is 0 Å². The first-order valence-electron chi connectivity index (χ1n) is 10.2. The molecule has 6 rings (SSSR count). The van der Waals surface area contributed by atoms with Gasteiger partial charge in [0.1, 0.15) is 0 Å². The molecule has 3 nitrogen and oxygen atoms in total. The standard InChI is InChI=1S/C23H26N2OS/c26-21(14-23-11-15-8-16(12-23)10-17(9-15)13-23)25-22(27)24-20-7-3-5-18-4-1-2-6-19(18)20/h1-7,15-17H,8-14H2,(H2,24,25,26,27). The van der Waals surface area contributed by atoms with Crippen LogP contribution in [-0.2, 0) is 4.79 Å². The molecule has 2 aromatic rings. The number of nitrogens with one attached hydrogen (secondary N) is 2. The van der Waals surface area contributed by atoms with Gasteiger partial charge >= 0.3 is 0 Å². The van der Waals surface area contributed by atoms with Crippen molar-refractivity contribution in [2.24, 2.45) is 23.2 Å². The first kappa shape index (κ1) is 17.2. The Morgan fingerprint density at radius 2 is 1.59 bits per heavy atom. The fourth-order valence-electron chi connectivity index (χ4n) is 6.51. The Balaban J connectivity index is 1.24. The first-order valence-corrected chi connectivity index (χ1v) is 10.6. The van der Waals surface area contributed by atoms with Gasteiger partial charge in [-0.2, -0.15) is 0 Å². The third-order valence-corrected chi connectivity index (χ3v) is 7.20. The highest BCUT2D eigenvalue weighted by Gasteiger charge is 2.51. The highest BCUT2D eigenvalue weighted by molar-refractivity contribution is 7.80. The molecular weight excluding hydrogens is 352 g/mol. The Morgan fingerprint density at radius 1 is 0.963 bits per heavy atom. The minimum atomic E-state index is 0.0784. The third kappa shape index (κ3) is 3.36. The molecule has 140 valence electrons. The molecular formula is C23H26N2OS. The summed E-state index contributed by atoms with van der Waals surface area (Å²) in [5, 5.41) is 8.84. The number of amides is 1. The molecule has 0 spiro atoms. The maximum atomic E-state index is 12.8. The Morgan fingerprint density at radius 3 is 2.30 bits per heavy atom. The average molecular weight is 379 g/mol. The molecule has 2 aromatic carbocycles. The van der Waals surface area contributed by atoms with Crippen LogP contribution >= 0.6 is 12.2 Å². The van der Waals surface area contributed by atoms with Crippen molar-refractivity contribution in [3.63, 3.8) is 0 Å². The second kappa shape index (κ2) is 6.59. The molecule has 0 saturated heterocycles. The molecule has 0 heterocycles. The molecule has 4 heteroatoms. The third-order valence-electron chi connectivity index (χ3n) is 6.99. The molecule has 27 heavy (non-hydrogen) atoms. The van der Waals surface area contributed by atoms with Crippen LogP contribution in [-0.4, -0.2) is 11.0 Å². The monoisotopic (exact) mass is 378 g/mol. The van der Waals surface area contributed by atoms with Gasteiger partial charge < -0.3 is 10.6 Å². The van der Waals surface area contributed by atoms with E-state index in [0.29, 0.717) is 11.5 Å². The summed E-state index contributed by atoms with van der Waals surface area (Å²) < 4.78 is 0. The van der Waals surface area contributed by atoms with Crippen LogP contribution in [0.4, 0.5) is 5.69 Å². The summed E-state index contributed by atoms with van der Waals surface area (Å²) in [6.07, 6.45) is 8.58. The van der Waals surface area contributed by atoms with Gasteiger partial charge in [-0.1, -0.05) is 36.4 Å². The number of carbonyl (C=O) groups excluding carboxylic acids is 1. The molecule has 4 fully saturated rings. The van der Waals surface area contributed by atoms with E-state index in [1.54, 1.807) is 0 Å². The average Bonchev–Trinajstić information content (AvgIpc) is 2.60. The maximum Gasteiger partial charge on any atom is 0.226 e. The van der Waals surface area contributed by atoms with Gasteiger partial charge in [0.25, 0.3) is 0 Å². The Hall–Kier alpha value is -1.94. The van der Waals surface area contributed by atoms with Gasteiger partial charge in [-0.15, -0.1) is 0 Å². The largest absolute Gasteiger partial charge is 0.332 e. The van der Waals surface area contributed by atoms with E-state index in [0.717, 1.165) is 34.2 Å². The van der Waals surface area contributed by atoms with Crippen LogP contribution in [0.25, 0.3) is 10.8 Å². The number of fused-ring (bicyclic) bond motifs is 1. The van der Waals surface area contributed by atoms with Crippen LogP contribution < -0.4 is 10.6 Å². The summed E-state index contributed by atoms with van der Waals surface area (Å²) in [6, 6.07) is 14.3. The van der Waals surface area contributed by atoms with E-state index in [1.165, 1.54) is 38.5 Å². The molecule has 4 aliphatic rings. The second-order valence-electron chi connectivity index (χ2n) is 9.12. The molecule has 2 N–H and O–H groups in total. The lowest BCUT2D eigenvalue weighted by Crippen LogP contribution is -2.48. The molecule has 4 saturated carbocycles. The summed E-state index contributed by atoms with van der Waals surface area (Å²) in [7, 11) is 0. The Kier molecular flexibility index (Phi) is 4.19. The number of anilines is 1. The zero-order chi connectivity index (χ0) is 18.4. The number of thiocarbonyl (C=S) groups is 1. The SMILES string of the molecule is O=C(CC12CC3CC(CC(C3)C1)C2)NC(=S)Nc1cccc2ccccc12. The zero-order valence-electron chi connectivity index (χ0n) is 15.5. The molecule has 0 aliphatic heterocycles. The van der Waals surface area contributed by atoms with E-state index in [1.807, 2.05) is 24.3 Å². The summed E-state index contributed by atoms with van der Waals surface area (Å²) in [6.45, 7) is 0. The predicted octanol–water partition coefficient (Wildman–Crippen LogP) is 5.26. The van der Waals surface area contributed by atoms with E-state index in [2.05, 4.69) is 28.8 Å². The van der Waals surface area contributed by atoms with Crippen molar-refractivity contribution in [3.8, 4) is 0 Å². The van der Waals surface area contributed by atoms with Gasteiger partial charge in [-0.05, 0) is 85.4 Å². The van der Waals surface area contributed by atoms with Gasteiger partial charge in [-0.3, -0.25) is 4.79 Å². The maximum absolute atomic E-state index is 12.8. The number of hydrogen-bond acceptors (Lipinski definition) is 2. The summed E-state index contributed by atoms with van der Waals surface area (Å²) in [5.74, 6) is 2.68. The Bertz CT molecular complexity index is 866. The van der Waals surface area contributed by atoms with Crippen molar-refractivity contribution in [2.45, 2.75) is 44.9 Å². The van der Waals surface area contributed by atoms with Gasteiger partial charge in [0, 0.05) is 17.5 Å². The Labute approximate surface area is 165 Å². The van der Waals surface area contributed by atoms with Crippen LogP contribution in [0.5, 0.6) is 0 Å². The lowest BCUT2D eigenvalue weighted by Gasteiger charge is -2.56. The van der Waals surface area contributed by atoms with Crippen LogP contribution in [0.1, 0.15) is 44.9 Å². The molecule has 0 unspecified atom stereocenters. The number of carbonyl (C=O) groups is 1. The van der Waals surface area contributed by atoms with E-state index in [9.17, 15) is 4.79 Å². The van der Waals surface area contributed by atoms with Crippen molar-refractivity contribution in [1.82, 2.24) is 5.32 Å². The van der Waals surface area contributed by atoms with Crippen LogP contribution in [0.3, 0.4) is 0 Å². The topological polar surface area (TPSA) is 41.1 Å². The normalized spacial score (nSPS) is 31.0. The number of rotatable bonds is 3. The van der Waals surface area contributed by atoms with Crippen molar-refractivity contribution < 1.29 is 4.79 Å². The van der Waals surface area contributed by atoms with Crippen LogP contribution in [0.15, 0.2) is 42.5 Å². The molecule has 4 aliphatic carbocycles. The lowest BCUT2D eigenvalue weighted by atomic mass is 9.49. The number of benzene rings is 2. The zero-order valence-corrected chi connectivity index (χ0v) is 16.4. The van der Waals surface area contributed by atoms with Gasteiger partial charge in [0.15, 0.2) is 5.11 Å². The van der Waals surface area contributed by atoms with E-state index < -0.39 is 0 Å². The smallest absolute Gasteiger partial charge is 0.226 e. The van der Waals surface area contributed by atoms with E-state index in [4.69, 9.17) is 12.2 Å². The minimum absolute atomic E-state index is 0.0784. The fraction of sp³-hybridized carbons (Fsp3) is 0.478.